The van der Waals surface area contributed by atoms with Gasteiger partial charge in [-0.25, -0.2) is 0 Å². The molecule has 2 unspecified atom stereocenters. The number of hydrogen-bond donors (Lipinski definition) is 1. The molecule has 34 heavy (non-hydrogen) atoms. The number of para-hydroxylation sites is 1. The normalized spacial score (nSPS) is 15.5. The number of aromatic nitrogens is 1. The van der Waals surface area contributed by atoms with E-state index in [9.17, 15) is 14.7 Å². The fraction of sp³-hybridized carbons (Fsp3) is 0.379. The van der Waals surface area contributed by atoms with Gasteiger partial charge in [-0.3, -0.25) is 9.59 Å². The van der Waals surface area contributed by atoms with Crippen molar-refractivity contribution in [2.75, 3.05) is 7.11 Å². The molecule has 0 saturated heterocycles. The highest BCUT2D eigenvalue weighted by Crippen LogP contribution is 2.33. The van der Waals surface area contributed by atoms with E-state index in [2.05, 4.69) is 0 Å². The first-order valence-corrected chi connectivity index (χ1v) is 11.9. The number of hydrogen-bond acceptors (Lipinski definition) is 4. The zero-order chi connectivity index (χ0) is 24.8. The van der Waals surface area contributed by atoms with E-state index in [4.69, 9.17) is 4.74 Å². The number of methoxy groups -OCH3 is 1. The van der Waals surface area contributed by atoms with Gasteiger partial charge in [-0.15, -0.1) is 0 Å². The lowest BCUT2D eigenvalue weighted by Crippen LogP contribution is -2.16. The molecule has 3 aromatic rings. The van der Waals surface area contributed by atoms with Crippen LogP contribution in [0.2, 0.25) is 0 Å². The van der Waals surface area contributed by atoms with Gasteiger partial charge in [-0.2, -0.15) is 0 Å². The average Bonchev–Trinajstić information content (AvgIpc) is 3.46. The van der Waals surface area contributed by atoms with Crippen molar-refractivity contribution in [1.82, 2.24) is 4.57 Å². The lowest BCUT2D eigenvalue weighted by molar-refractivity contribution is -0.123. The standard InChI is InChI=1S/C18H19NO2.C11H16O2/c1-12(2)17(20)14-10-11-19-15(14)8-9-16(19)18(21)13-6-4-3-5-7-13;1-8(2)11(12)9-6-4-5-7-10(9)13-3/h3-9,12,14H,10-11H2,1-2H3;4-8,11-12H,1-3H3. The number of nitrogens with zero attached hydrogens (tertiary/aromatic N) is 1. The Morgan fingerprint density at radius 2 is 1.59 bits per heavy atom. The van der Waals surface area contributed by atoms with Gasteiger partial charge in [0.1, 0.15) is 11.5 Å². The minimum absolute atomic E-state index is 0.0273. The van der Waals surface area contributed by atoms with Gasteiger partial charge in [0, 0.05) is 29.3 Å². The van der Waals surface area contributed by atoms with Crippen molar-refractivity contribution < 1.29 is 19.4 Å². The molecule has 0 fully saturated rings. The van der Waals surface area contributed by atoms with Crippen molar-refractivity contribution >= 4 is 11.6 Å². The van der Waals surface area contributed by atoms with Crippen LogP contribution in [0.15, 0.2) is 66.7 Å². The second kappa shape index (κ2) is 11.3. The highest BCUT2D eigenvalue weighted by molar-refractivity contribution is 6.08. The minimum Gasteiger partial charge on any atom is -0.496 e. The first-order valence-electron chi connectivity index (χ1n) is 11.9. The highest BCUT2D eigenvalue weighted by Gasteiger charge is 2.32. The van der Waals surface area contributed by atoms with Crippen molar-refractivity contribution in [2.24, 2.45) is 11.8 Å². The molecule has 1 N–H and O–H groups in total. The summed E-state index contributed by atoms with van der Waals surface area (Å²) in [6.07, 6.45) is 0.360. The molecule has 5 nitrogen and oxygen atoms in total. The van der Waals surface area contributed by atoms with Crippen LogP contribution < -0.4 is 4.74 Å². The summed E-state index contributed by atoms with van der Waals surface area (Å²) < 4.78 is 7.17. The first-order chi connectivity index (χ1) is 16.3. The lowest BCUT2D eigenvalue weighted by atomic mass is 9.92. The minimum atomic E-state index is -0.448. The Kier molecular flexibility index (Phi) is 8.46. The van der Waals surface area contributed by atoms with Crippen LogP contribution in [0.3, 0.4) is 0 Å². The molecule has 2 aromatic carbocycles. The summed E-state index contributed by atoms with van der Waals surface area (Å²) in [6.45, 7) is 8.58. The molecule has 1 aromatic heterocycles. The molecular formula is C29H35NO4. The Hall–Kier alpha value is -3.18. The monoisotopic (exact) mass is 461 g/mol. The van der Waals surface area contributed by atoms with Crippen LogP contribution in [-0.4, -0.2) is 28.3 Å². The largest absolute Gasteiger partial charge is 0.496 e. The van der Waals surface area contributed by atoms with Gasteiger partial charge in [0.25, 0.3) is 0 Å². The summed E-state index contributed by atoms with van der Waals surface area (Å²) in [5.41, 5.74) is 3.24. The molecule has 2 atom stereocenters. The van der Waals surface area contributed by atoms with E-state index in [0.29, 0.717) is 11.3 Å². The van der Waals surface area contributed by atoms with Crippen LogP contribution in [0, 0.1) is 11.8 Å². The second-order valence-electron chi connectivity index (χ2n) is 9.32. The summed E-state index contributed by atoms with van der Waals surface area (Å²) >= 11 is 0. The molecular weight excluding hydrogens is 426 g/mol. The summed E-state index contributed by atoms with van der Waals surface area (Å²) in [7, 11) is 1.62. The number of rotatable bonds is 7. The maximum absolute atomic E-state index is 12.6. The molecule has 180 valence electrons. The van der Waals surface area contributed by atoms with Crippen LogP contribution in [-0.2, 0) is 11.3 Å². The third-order valence-electron chi connectivity index (χ3n) is 6.28. The Morgan fingerprint density at radius 1 is 0.941 bits per heavy atom. The third kappa shape index (κ3) is 5.48. The summed E-state index contributed by atoms with van der Waals surface area (Å²) in [5.74, 6) is 1.23. The molecule has 0 amide bonds. The number of aliphatic hydroxyl groups is 1. The van der Waals surface area contributed by atoms with Crippen molar-refractivity contribution in [1.29, 1.82) is 0 Å². The van der Waals surface area contributed by atoms with Gasteiger partial charge >= 0.3 is 0 Å². The van der Waals surface area contributed by atoms with E-state index >= 15 is 0 Å². The van der Waals surface area contributed by atoms with Crippen LogP contribution in [0.5, 0.6) is 5.75 Å². The Balaban J connectivity index is 0.000000215. The number of benzene rings is 2. The van der Waals surface area contributed by atoms with E-state index in [1.54, 1.807) is 7.11 Å². The fourth-order valence-electron chi connectivity index (χ4n) is 4.34. The van der Waals surface area contributed by atoms with Gasteiger partial charge < -0.3 is 14.4 Å². The molecule has 0 aliphatic carbocycles. The molecule has 1 aliphatic heterocycles. The van der Waals surface area contributed by atoms with Crippen molar-refractivity contribution in [3.05, 3.63) is 89.2 Å². The van der Waals surface area contributed by atoms with Crippen LogP contribution in [0.25, 0.3) is 0 Å². The average molecular weight is 462 g/mol. The zero-order valence-electron chi connectivity index (χ0n) is 20.7. The fourth-order valence-corrected chi connectivity index (χ4v) is 4.34. The molecule has 2 heterocycles. The summed E-state index contributed by atoms with van der Waals surface area (Å²) in [6, 6.07) is 20.6. The molecule has 0 saturated carbocycles. The highest BCUT2D eigenvalue weighted by atomic mass is 16.5. The quantitative estimate of drug-likeness (QED) is 0.451. The number of aliphatic hydroxyl groups excluding tert-OH is 1. The Labute approximate surface area is 202 Å². The van der Waals surface area contributed by atoms with Gasteiger partial charge in [0.05, 0.1) is 24.8 Å². The number of fused-ring (bicyclic) bond motifs is 1. The SMILES string of the molecule is CC(C)C(=O)C1CCn2c(C(=O)c3ccccc3)ccc21.COc1ccccc1C(O)C(C)C. The zero-order valence-corrected chi connectivity index (χ0v) is 20.7. The maximum atomic E-state index is 12.6. The van der Waals surface area contributed by atoms with Crippen molar-refractivity contribution in [3.63, 3.8) is 0 Å². The predicted molar refractivity (Wildman–Crippen MR) is 134 cm³/mol. The molecule has 5 heteroatoms. The number of Topliss-reactive ketones (excluding diaryl/α,β-unsaturated/α-hetero) is 1. The number of ketones is 2. The topological polar surface area (TPSA) is 68.5 Å². The van der Waals surface area contributed by atoms with Gasteiger partial charge in [-0.1, -0.05) is 76.2 Å². The Morgan fingerprint density at radius 3 is 2.21 bits per heavy atom. The van der Waals surface area contributed by atoms with Crippen LogP contribution >= 0.6 is 0 Å². The van der Waals surface area contributed by atoms with Gasteiger partial charge in [0.2, 0.25) is 5.78 Å². The second-order valence-corrected chi connectivity index (χ2v) is 9.32. The van der Waals surface area contributed by atoms with E-state index in [-0.39, 0.29) is 29.3 Å². The molecule has 0 bridgehead atoms. The van der Waals surface area contributed by atoms with Gasteiger partial charge in [0.15, 0.2) is 0 Å². The predicted octanol–water partition coefficient (Wildman–Crippen LogP) is 5.82. The summed E-state index contributed by atoms with van der Waals surface area (Å²) in [4.78, 5) is 24.8. The van der Waals surface area contributed by atoms with Crippen molar-refractivity contribution in [3.8, 4) is 5.75 Å². The van der Waals surface area contributed by atoms with Crippen molar-refractivity contribution in [2.45, 2.75) is 52.7 Å². The van der Waals surface area contributed by atoms with Crippen LogP contribution in [0.1, 0.15) is 73.4 Å². The third-order valence-corrected chi connectivity index (χ3v) is 6.28. The number of ether oxygens (including phenoxy) is 1. The van der Waals surface area contributed by atoms with Gasteiger partial charge in [-0.05, 0) is 30.5 Å². The first kappa shape index (κ1) is 25.4. The smallest absolute Gasteiger partial charge is 0.209 e. The van der Waals surface area contributed by atoms with E-state index < -0.39 is 6.10 Å². The van der Waals surface area contributed by atoms with E-state index in [1.165, 1.54) is 0 Å². The molecule has 1 aliphatic rings. The molecule has 0 spiro atoms. The summed E-state index contributed by atoms with van der Waals surface area (Å²) in [5, 5.41) is 9.83. The number of carbonyl (C=O) groups excluding carboxylic acids is 2. The lowest BCUT2D eigenvalue weighted by Gasteiger charge is -2.17. The van der Waals surface area contributed by atoms with E-state index in [1.807, 2.05) is 99.0 Å². The molecule has 4 rings (SSSR count). The molecule has 0 radical (unpaired) electrons. The van der Waals surface area contributed by atoms with Crippen LogP contribution in [0.4, 0.5) is 0 Å². The number of carbonyl (C=O) groups is 2. The van der Waals surface area contributed by atoms with E-state index in [0.717, 1.165) is 30.0 Å². The maximum Gasteiger partial charge on any atom is 0.209 e. The Bertz CT molecular complexity index is 1110.